The van der Waals surface area contributed by atoms with E-state index in [0.717, 1.165) is 38.3 Å². The normalized spacial score (nSPS) is 20.0. The number of carbonyl (C=O) groups is 1. The second-order valence-corrected chi connectivity index (χ2v) is 5.04. The van der Waals surface area contributed by atoms with E-state index in [1.54, 1.807) is 6.20 Å². The van der Waals surface area contributed by atoms with Gasteiger partial charge in [0.1, 0.15) is 5.82 Å². The van der Waals surface area contributed by atoms with Crippen LogP contribution in [0.5, 0.6) is 0 Å². The molecular weight excluding hydrogens is 240 g/mol. The monoisotopic (exact) mass is 262 g/mol. The smallest absolute Gasteiger partial charge is 0.253 e. The van der Waals surface area contributed by atoms with Crippen molar-refractivity contribution in [3.8, 4) is 0 Å². The van der Waals surface area contributed by atoms with E-state index in [1.807, 2.05) is 19.1 Å². The number of carbonyl (C=O) groups excluding carboxylic acids is 1. The largest absolute Gasteiger partial charge is 0.370 e. The van der Waals surface area contributed by atoms with Gasteiger partial charge in [-0.15, -0.1) is 0 Å². The Hall–Kier alpha value is -1.62. The molecule has 0 aromatic carbocycles. The van der Waals surface area contributed by atoms with Gasteiger partial charge in [0, 0.05) is 25.3 Å². The van der Waals surface area contributed by atoms with Gasteiger partial charge in [0.25, 0.3) is 5.91 Å². The van der Waals surface area contributed by atoms with Crippen LogP contribution in [-0.4, -0.2) is 48.5 Å². The number of rotatable bonds is 4. The van der Waals surface area contributed by atoms with Crippen molar-refractivity contribution in [3.05, 3.63) is 23.9 Å². The average molecular weight is 262 g/mol. The van der Waals surface area contributed by atoms with E-state index >= 15 is 0 Å². The van der Waals surface area contributed by atoms with Crippen molar-refractivity contribution < 1.29 is 4.79 Å². The highest BCUT2D eigenvalue weighted by Gasteiger charge is 2.19. The molecule has 2 rings (SSSR count). The second kappa shape index (κ2) is 6.52. The van der Waals surface area contributed by atoms with Crippen LogP contribution in [-0.2, 0) is 0 Å². The number of likely N-dealkylation sites (N-methyl/N-ethyl adjacent to an activating group) is 1. The number of piperidine rings is 1. The first-order chi connectivity index (χ1) is 9.19. The van der Waals surface area contributed by atoms with E-state index in [2.05, 4.69) is 27.6 Å². The molecule has 1 aromatic rings. The summed E-state index contributed by atoms with van der Waals surface area (Å²) in [5.74, 6) is 0.771. The maximum atomic E-state index is 12.1. The van der Waals surface area contributed by atoms with Gasteiger partial charge in [-0.1, -0.05) is 0 Å². The Morgan fingerprint density at radius 1 is 1.53 bits per heavy atom. The fourth-order valence-electron chi connectivity index (χ4n) is 2.37. The summed E-state index contributed by atoms with van der Waals surface area (Å²) in [7, 11) is 2.09. The number of likely N-dealkylation sites (tertiary alicyclic amines) is 1. The number of nitrogens with one attached hydrogen (secondary N) is 2. The van der Waals surface area contributed by atoms with Crippen LogP contribution in [0.4, 0.5) is 5.82 Å². The van der Waals surface area contributed by atoms with Crippen molar-refractivity contribution in [1.29, 1.82) is 0 Å². The third kappa shape index (κ3) is 3.92. The Balaban J connectivity index is 1.91. The lowest BCUT2D eigenvalue weighted by atomic mass is 10.1. The molecule has 104 valence electrons. The SMILES string of the molecule is CCNc1ccc(C(=O)NC2CCCN(C)C2)cn1. The fraction of sp³-hybridized carbons (Fsp3) is 0.571. The molecule has 5 nitrogen and oxygen atoms in total. The van der Waals surface area contributed by atoms with E-state index in [4.69, 9.17) is 0 Å². The van der Waals surface area contributed by atoms with E-state index in [0.29, 0.717) is 5.56 Å². The summed E-state index contributed by atoms with van der Waals surface area (Å²) >= 11 is 0. The topological polar surface area (TPSA) is 57.3 Å². The minimum Gasteiger partial charge on any atom is -0.370 e. The van der Waals surface area contributed by atoms with Gasteiger partial charge < -0.3 is 15.5 Å². The van der Waals surface area contributed by atoms with Crippen LogP contribution >= 0.6 is 0 Å². The molecule has 0 spiro atoms. The van der Waals surface area contributed by atoms with Crippen LogP contribution < -0.4 is 10.6 Å². The molecular formula is C14H22N4O. The lowest BCUT2D eigenvalue weighted by Gasteiger charge is -2.30. The molecule has 1 aliphatic rings. The van der Waals surface area contributed by atoms with Gasteiger partial charge in [0.05, 0.1) is 5.56 Å². The summed E-state index contributed by atoms with van der Waals surface area (Å²) in [6, 6.07) is 3.90. The lowest BCUT2D eigenvalue weighted by molar-refractivity contribution is 0.0912. The molecule has 2 N–H and O–H groups in total. The van der Waals surface area contributed by atoms with Crippen LogP contribution in [0.15, 0.2) is 18.3 Å². The summed E-state index contributed by atoms with van der Waals surface area (Å²) < 4.78 is 0. The minimum absolute atomic E-state index is 0.0316. The molecule has 1 fully saturated rings. The molecule has 19 heavy (non-hydrogen) atoms. The first-order valence-electron chi connectivity index (χ1n) is 6.88. The van der Waals surface area contributed by atoms with E-state index in [1.165, 1.54) is 0 Å². The first kappa shape index (κ1) is 13.8. The Morgan fingerprint density at radius 3 is 3.00 bits per heavy atom. The third-order valence-corrected chi connectivity index (χ3v) is 3.34. The fourth-order valence-corrected chi connectivity index (χ4v) is 2.37. The molecule has 5 heteroatoms. The molecule has 1 amide bonds. The van der Waals surface area contributed by atoms with Gasteiger partial charge in [0.15, 0.2) is 0 Å². The van der Waals surface area contributed by atoms with Gasteiger partial charge in [0.2, 0.25) is 0 Å². The van der Waals surface area contributed by atoms with E-state index < -0.39 is 0 Å². The summed E-state index contributed by atoms with van der Waals surface area (Å²) in [5, 5.41) is 6.19. The van der Waals surface area contributed by atoms with Crippen LogP contribution in [0.2, 0.25) is 0 Å². The van der Waals surface area contributed by atoms with Gasteiger partial charge >= 0.3 is 0 Å². The van der Waals surface area contributed by atoms with Gasteiger partial charge in [-0.2, -0.15) is 0 Å². The zero-order chi connectivity index (χ0) is 13.7. The molecule has 1 aliphatic heterocycles. The zero-order valence-electron chi connectivity index (χ0n) is 11.6. The molecule has 1 aromatic heterocycles. The number of hydrogen-bond donors (Lipinski definition) is 2. The third-order valence-electron chi connectivity index (χ3n) is 3.34. The quantitative estimate of drug-likeness (QED) is 0.859. The van der Waals surface area contributed by atoms with Crippen molar-refractivity contribution in [3.63, 3.8) is 0 Å². The number of anilines is 1. The van der Waals surface area contributed by atoms with Gasteiger partial charge in [-0.05, 0) is 45.5 Å². The molecule has 0 aliphatic carbocycles. The standard InChI is InChI=1S/C14H22N4O/c1-3-15-13-7-6-11(9-16-13)14(19)17-12-5-4-8-18(2)10-12/h6-7,9,12H,3-5,8,10H2,1-2H3,(H,15,16)(H,17,19). The second-order valence-electron chi connectivity index (χ2n) is 5.04. The number of nitrogens with zero attached hydrogens (tertiary/aromatic N) is 2. The molecule has 0 bridgehead atoms. The molecule has 1 saturated heterocycles. The summed E-state index contributed by atoms with van der Waals surface area (Å²) in [4.78, 5) is 18.6. The summed E-state index contributed by atoms with van der Waals surface area (Å²) in [5.41, 5.74) is 0.620. The van der Waals surface area contributed by atoms with Crippen molar-refractivity contribution in [2.45, 2.75) is 25.8 Å². The molecule has 2 heterocycles. The maximum absolute atomic E-state index is 12.1. The van der Waals surface area contributed by atoms with Crippen LogP contribution in [0.25, 0.3) is 0 Å². The number of pyridine rings is 1. The van der Waals surface area contributed by atoms with Crippen LogP contribution in [0, 0.1) is 0 Å². The van der Waals surface area contributed by atoms with Crippen molar-refractivity contribution in [1.82, 2.24) is 15.2 Å². The van der Waals surface area contributed by atoms with Crippen LogP contribution in [0.3, 0.4) is 0 Å². The van der Waals surface area contributed by atoms with Crippen molar-refractivity contribution in [2.75, 3.05) is 32.0 Å². The van der Waals surface area contributed by atoms with E-state index in [9.17, 15) is 4.79 Å². The summed E-state index contributed by atoms with van der Waals surface area (Å²) in [6.07, 6.45) is 3.82. The predicted octanol–water partition coefficient (Wildman–Crippen LogP) is 1.34. The predicted molar refractivity (Wildman–Crippen MR) is 76.4 cm³/mol. The molecule has 1 atom stereocenters. The van der Waals surface area contributed by atoms with E-state index in [-0.39, 0.29) is 11.9 Å². The molecule has 1 unspecified atom stereocenters. The Bertz CT molecular complexity index is 418. The van der Waals surface area contributed by atoms with Crippen molar-refractivity contribution in [2.24, 2.45) is 0 Å². The highest BCUT2D eigenvalue weighted by Crippen LogP contribution is 2.10. The Labute approximate surface area is 114 Å². The maximum Gasteiger partial charge on any atom is 0.253 e. The molecule has 0 saturated carbocycles. The minimum atomic E-state index is -0.0316. The van der Waals surface area contributed by atoms with Gasteiger partial charge in [-0.25, -0.2) is 4.98 Å². The van der Waals surface area contributed by atoms with Crippen molar-refractivity contribution >= 4 is 11.7 Å². The average Bonchev–Trinajstić information content (AvgIpc) is 2.40. The van der Waals surface area contributed by atoms with Crippen LogP contribution in [0.1, 0.15) is 30.1 Å². The molecule has 0 radical (unpaired) electrons. The Kier molecular flexibility index (Phi) is 4.74. The highest BCUT2D eigenvalue weighted by molar-refractivity contribution is 5.94. The number of aromatic nitrogens is 1. The zero-order valence-corrected chi connectivity index (χ0v) is 11.6. The number of amides is 1. The van der Waals surface area contributed by atoms with Gasteiger partial charge in [-0.3, -0.25) is 4.79 Å². The summed E-state index contributed by atoms with van der Waals surface area (Å²) in [6.45, 7) is 4.88. The first-order valence-corrected chi connectivity index (χ1v) is 6.88. The Morgan fingerprint density at radius 2 is 2.37 bits per heavy atom. The highest BCUT2D eigenvalue weighted by atomic mass is 16.1. The lowest BCUT2D eigenvalue weighted by Crippen LogP contribution is -2.46. The number of hydrogen-bond acceptors (Lipinski definition) is 4.